The Kier molecular flexibility index (Phi) is 4.16. The van der Waals surface area contributed by atoms with Gasteiger partial charge >= 0.3 is 0 Å². The maximum absolute atomic E-state index is 12.0. The lowest BCUT2D eigenvalue weighted by Crippen LogP contribution is -2.23. The van der Waals surface area contributed by atoms with Gasteiger partial charge in [-0.25, -0.2) is 13.1 Å². The first-order chi connectivity index (χ1) is 9.81. The lowest BCUT2D eigenvalue weighted by Gasteiger charge is -2.07. The van der Waals surface area contributed by atoms with Crippen LogP contribution in [-0.2, 0) is 16.6 Å². The SMILES string of the molecule is Cc1c(CNS(=O)(=O)c2nnc(N)s2)cccc1[N+](=O)[O-]. The van der Waals surface area contributed by atoms with Gasteiger partial charge in [0.05, 0.1) is 4.92 Å². The summed E-state index contributed by atoms with van der Waals surface area (Å²) in [5, 5.41) is 17.8. The second-order valence-corrected chi connectivity index (χ2v) is 7.00. The molecule has 3 N–H and O–H groups in total. The standard InChI is InChI=1S/C10H11N5O4S2/c1-6-7(3-2-4-8(6)15(16)17)5-12-21(18,19)10-14-13-9(11)20-10/h2-4,12H,5H2,1H3,(H2,11,13). The van der Waals surface area contributed by atoms with Gasteiger partial charge in [-0.2, -0.15) is 0 Å². The Labute approximate surface area is 124 Å². The molecule has 2 rings (SSSR count). The van der Waals surface area contributed by atoms with Crippen molar-refractivity contribution in [2.75, 3.05) is 5.73 Å². The molecule has 1 heterocycles. The first-order valence-electron chi connectivity index (χ1n) is 5.63. The van der Waals surface area contributed by atoms with Gasteiger partial charge in [-0.05, 0) is 12.5 Å². The van der Waals surface area contributed by atoms with Crippen molar-refractivity contribution in [3.63, 3.8) is 0 Å². The third-order valence-electron chi connectivity index (χ3n) is 2.72. The zero-order valence-corrected chi connectivity index (χ0v) is 12.4. The fourth-order valence-corrected chi connectivity index (χ4v) is 3.45. The summed E-state index contributed by atoms with van der Waals surface area (Å²) in [7, 11) is -3.84. The first kappa shape index (κ1) is 15.3. The third-order valence-corrected chi connectivity index (χ3v) is 5.24. The van der Waals surface area contributed by atoms with Gasteiger partial charge in [0.1, 0.15) is 0 Å². The Bertz CT molecular complexity index is 786. The normalized spacial score (nSPS) is 11.5. The average Bonchev–Trinajstić information content (AvgIpc) is 2.85. The Morgan fingerprint density at radius 1 is 1.43 bits per heavy atom. The van der Waals surface area contributed by atoms with E-state index in [1.807, 2.05) is 0 Å². The molecule has 0 amide bonds. The number of nitrogen functional groups attached to an aromatic ring is 1. The summed E-state index contributed by atoms with van der Waals surface area (Å²) in [4.78, 5) is 10.3. The number of aromatic nitrogens is 2. The van der Waals surface area contributed by atoms with E-state index < -0.39 is 14.9 Å². The molecule has 0 spiro atoms. The molecule has 11 heteroatoms. The number of nitro benzene ring substituents is 1. The monoisotopic (exact) mass is 329 g/mol. The van der Waals surface area contributed by atoms with E-state index in [1.165, 1.54) is 12.1 Å². The molecule has 0 aliphatic carbocycles. The van der Waals surface area contributed by atoms with Crippen molar-refractivity contribution in [2.45, 2.75) is 17.8 Å². The molecule has 0 saturated carbocycles. The van der Waals surface area contributed by atoms with Crippen LogP contribution in [0.2, 0.25) is 0 Å². The summed E-state index contributed by atoms with van der Waals surface area (Å²) >= 11 is 0.739. The molecular weight excluding hydrogens is 318 g/mol. The van der Waals surface area contributed by atoms with Crippen molar-refractivity contribution < 1.29 is 13.3 Å². The van der Waals surface area contributed by atoms with Crippen molar-refractivity contribution in [1.29, 1.82) is 0 Å². The fourth-order valence-electron chi connectivity index (χ4n) is 1.62. The van der Waals surface area contributed by atoms with Crippen LogP contribution < -0.4 is 10.5 Å². The highest BCUT2D eigenvalue weighted by Gasteiger charge is 2.20. The van der Waals surface area contributed by atoms with Crippen molar-refractivity contribution in [3.05, 3.63) is 39.4 Å². The molecule has 0 atom stereocenters. The minimum atomic E-state index is -3.84. The van der Waals surface area contributed by atoms with Gasteiger partial charge in [0.2, 0.25) is 9.47 Å². The molecule has 0 radical (unpaired) electrons. The second kappa shape index (κ2) is 5.71. The lowest BCUT2D eigenvalue weighted by atomic mass is 10.1. The molecule has 1 aromatic heterocycles. The number of anilines is 1. The van der Waals surface area contributed by atoms with E-state index in [0.717, 1.165) is 11.3 Å². The van der Waals surface area contributed by atoms with E-state index >= 15 is 0 Å². The summed E-state index contributed by atoms with van der Waals surface area (Å²) in [5.41, 5.74) is 6.18. The number of nitrogens with zero attached hydrogens (tertiary/aromatic N) is 3. The van der Waals surface area contributed by atoms with E-state index in [0.29, 0.717) is 11.1 Å². The minimum Gasteiger partial charge on any atom is -0.374 e. The van der Waals surface area contributed by atoms with Gasteiger partial charge in [0.25, 0.3) is 15.7 Å². The second-order valence-electron chi connectivity index (χ2n) is 4.05. The molecule has 0 saturated heterocycles. The number of hydrogen-bond donors (Lipinski definition) is 2. The van der Waals surface area contributed by atoms with E-state index in [-0.39, 0.29) is 21.7 Å². The summed E-state index contributed by atoms with van der Waals surface area (Å²) in [5.74, 6) is 0. The lowest BCUT2D eigenvalue weighted by molar-refractivity contribution is -0.385. The zero-order valence-electron chi connectivity index (χ0n) is 10.8. The molecule has 0 aliphatic rings. The molecule has 21 heavy (non-hydrogen) atoms. The number of hydrogen-bond acceptors (Lipinski definition) is 8. The Morgan fingerprint density at radius 2 is 2.14 bits per heavy atom. The van der Waals surface area contributed by atoms with Gasteiger partial charge in [-0.15, -0.1) is 10.2 Å². The summed E-state index contributed by atoms with van der Waals surface area (Å²) in [6.07, 6.45) is 0. The molecule has 0 fully saturated rings. The van der Waals surface area contributed by atoms with Crippen LogP contribution in [0.1, 0.15) is 11.1 Å². The quantitative estimate of drug-likeness (QED) is 0.610. The molecule has 0 unspecified atom stereocenters. The molecule has 0 aliphatic heterocycles. The molecule has 9 nitrogen and oxygen atoms in total. The Hall–Kier alpha value is -2.11. The number of sulfonamides is 1. The van der Waals surface area contributed by atoms with Gasteiger partial charge in [-0.1, -0.05) is 23.5 Å². The number of nitro groups is 1. The smallest absolute Gasteiger partial charge is 0.272 e. The van der Waals surface area contributed by atoms with Crippen LogP contribution in [0.15, 0.2) is 22.5 Å². The highest BCUT2D eigenvalue weighted by atomic mass is 32.2. The number of nitrogens with one attached hydrogen (secondary N) is 1. The Balaban J connectivity index is 2.21. The fraction of sp³-hybridized carbons (Fsp3) is 0.200. The van der Waals surface area contributed by atoms with Gasteiger partial charge in [-0.3, -0.25) is 10.1 Å². The van der Waals surface area contributed by atoms with Crippen LogP contribution in [0.3, 0.4) is 0 Å². The predicted octanol–water partition coefficient (Wildman–Crippen LogP) is 0.815. The van der Waals surface area contributed by atoms with E-state index in [9.17, 15) is 18.5 Å². The Morgan fingerprint density at radius 3 is 2.71 bits per heavy atom. The maximum Gasteiger partial charge on any atom is 0.272 e. The molecule has 112 valence electrons. The van der Waals surface area contributed by atoms with Crippen LogP contribution >= 0.6 is 11.3 Å². The average molecular weight is 329 g/mol. The zero-order chi connectivity index (χ0) is 15.6. The van der Waals surface area contributed by atoms with Crippen LogP contribution in [0.4, 0.5) is 10.8 Å². The van der Waals surface area contributed by atoms with Crippen molar-refractivity contribution in [2.24, 2.45) is 0 Å². The summed E-state index contributed by atoms with van der Waals surface area (Å²) < 4.78 is 26.0. The van der Waals surface area contributed by atoms with Crippen LogP contribution in [0, 0.1) is 17.0 Å². The van der Waals surface area contributed by atoms with Gasteiger partial charge in [0, 0.05) is 18.2 Å². The summed E-state index contributed by atoms with van der Waals surface area (Å²) in [6, 6.07) is 4.47. The third kappa shape index (κ3) is 3.32. The first-order valence-corrected chi connectivity index (χ1v) is 7.93. The summed E-state index contributed by atoms with van der Waals surface area (Å²) in [6.45, 7) is 1.47. The molecule has 1 aromatic carbocycles. The minimum absolute atomic E-state index is 0.0434. The predicted molar refractivity (Wildman–Crippen MR) is 76.2 cm³/mol. The van der Waals surface area contributed by atoms with Crippen molar-refractivity contribution in [3.8, 4) is 0 Å². The number of nitrogens with two attached hydrogens (primary N) is 1. The van der Waals surface area contributed by atoms with Crippen LogP contribution in [-0.4, -0.2) is 23.5 Å². The van der Waals surface area contributed by atoms with Gasteiger partial charge in [0.15, 0.2) is 0 Å². The number of benzene rings is 1. The van der Waals surface area contributed by atoms with Crippen molar-refractivity contribution >= 4 is 32.2 Å². The van der Waals surface area contributed by atoms with Crippen molar-refractivity contribution in [1.82, 2.24) is 14.9 Å². The van der Waals surface area contributed by atoms with Gasteiger partial charge < -0.3 is 5.73 Å². The van der Waals surface area contributed by atoms with E-state index in [1.54, 1.807) is 13.0 Å². The molecule has 0 bridgehead atoms. The molecular formula is C10H11N5O4S2. The van der Waals surface area contributed by atoms with Crippen LogP contribution in [0.5, 0.6) is 0 Å². The topological polar surface area (TPSA) is 141 Å². The van der Waals surface area contributed by atoms with E-state index in [2.05, 4.69) is 14.9 Å². The molecule has 2 aromatic rings. The highest BCUT2D eigenvalue weighted by molar-refractivity contribution is 7.91. The van der Waals surface area contributed by atoms with Crippen LogP contribution in [0.25, 0.3) is 0 Å². The highest BCUT2D eigenvalue weighted by Crippen LogP contribution is 2.22. The number of rotatable bonds is 5. The van der Waals surface area contributed by atoms with E-state index in [4.69, 9.17) is 5.73 Å². The largest absolute Gasteiger partial charge is 0.374 e. The maximum atomic E-state index is 12.0.